The molecule has 0 amide bonds. The molecule has 0 aromatic heterocycles. The fourth-order valence-electron chi connectivity index (χ4n) is 1.21. The maximum absolute atomic E-state index is 12.9. The molecule has 0 heterocycles. The fourth-order valence-corrected chi connectivity index (χ4v) is 1.21. The predicted molar refractivity (Wildman–Crippen MR) is 57.3 cm³/mol. The van der Waals surface area contributed by atoms with Gasteiger partial charge in [-0.2, -0.15) is 0 Å². The van der Waals surface area contributed by atoms with Crippen molar-refractivity contribution in [3.63, 3.8) is 0 Å². The standard InChI is InChI=1S/C12H15FO2/c1-3-4-7-15-12-6-5-10(13)8-11(12)9(2)14/h3-6,8-9,14H,7H2,1-2H3/t9-/m1/s1. The van der Waals surface area contributed by atoms with Crippen molar-refractivity contribution in [3.05, 3.63) is 41.7 Å². The van der Waals surface area contributed by atoms with E-state index in [-0.39, 0.29) is 5.82 Å². The van der Waals surface area contributed by atoms with E-state index in [4.69, 9.17) is 4.74 Å². The highest BCUT2D eigenvalue weighted by Gasteiger charge is 2.09. The van der Waals surface area contributed by atoms with Gasteiger partial charge in [0.05, 0.1) is 6.10 Å². The number of rotatable bonds is 4. The summed E-state index contributed by atoms with van der Waals surface area (Å²) < 4.78 is 18.3. The molecule has 0 radical (unpaired) electrons. The zero-order valence-corrected chi connectivity index (χ0v) is 8.90. The number of hydrogen-bond donors (Lipinski definition) is 1. The Morgan fingerprint density at radius 1 is 1.53 bits per heavy atom. The van der Waals surface area contributed by atoms with Gasteiger partial charge in [-0.3, -0.25) is 0 Å². The largest absolute Gasteiger partial charge is 0.489 e. The van der Waals surface area contributed by atoms with E-state index >= 15 is 0 Å². The Morgan fingerprint density at radius 3 is 2.87 bits per heavy atom. The molecule has 82 valence electrons. The lowest BCUT2D eigenvalue weighted by molar-refractivity contribution is 0.192. The minimum Gasteiger partial charge on any atom is -0.489 e. The third-order valence-electron chi connectivity index (χ3n) is 1.99. The van der Waals surface area contributed by atoms with Gasteiger partial charge in [-0.25, -0.2) is 4.39 Å². The van der Waals surface area contributed by atoms with Crippen LogP contribution in [-0.4, -0.2) is 11.7 Å². The average Bonchev–Trinajstić information content (AvgIpc) is 2.20. The van der Waals surface area contributed by atoms with Crippen LogP contribution in [0, 0.1) is 5.82 Å². The SMILES string of the molecule is CC=CCOc1ccc(F)cc1[C@@H](C)O. The van der Waals surface area contributed by atoms with Crippen molar-refractivity contribution in [1.82, 2.24) is 0 Å². The van der Waals surface area contributed by atoms with E-state index in [0.717, 1.165) is 0 Å². The number of benzene rings is 1. The number of aliphatic hydroxyl groups excluding tert-OH is 1. The summed E-state index contributed by atoms with van der Waals surface area (Å²) in [5.74, 6) is 0.147. The normalized spacial score (nSPS) is 13.1. The van der Waals surface area contributed by atoms with Crippen LogP contribution in [0.3, 0.4) is 0 Å². The van der Waals surface area contributed by atoms with E-state index in [1.165, 1.54) is 18.2 Å². The van der Waals surface area contributed by atoms with Gasteiger partial charge in [-0.05, 0) is 32.0 Å². The number of allylic oxidation sites excluding steroid dienone is 1. The van der Waals surface area contributed by atoms with E-state index in [1.54, 1.807) is 6.92 Å². The van der Waals surface area contributed by atoms with Gasteiger partial charge >= 0.3 is 0 Å². The molecule has 0 saturated carbocycles. The fraction of sp³-hybridized carbons (Fsp3) is 0.333. The molecule has 15 heavy (non-hydrogen) atoms. The summed E-state index contributed by atoms with van der Waals surface area (Å²) >= 11 is 0. The molecular formula is C12H15FO2. The summed E-state index contributed by atoms with van der Waals surface area (Å²) in [6.45, 7) is 3.89. The topological polar surface area (TPSA) is 29.5 Å². The van der Waals surface area contributed by atoms with Crippen LogP contribution in [-0.2, 0) is 0 Å². The van der Waals surface area contributed by atoms with Gasteiger partial charge in [0.15, 0.2) is 0 Å². The van der Waals surface area contributed by atoms with Crippen LogP contribution in [0.5, 0.6) is 5.75 Å². The van der Waals surface area contributed by atoms with Gasteiger partial charge < -0.3 is 9.84 Å². The Kier molecular flexibility index (Phi) is 4.31. The van der Waals surface area contributed by atoms with Crippen molar-refractivity contribution < 1.29 is 14.2 Å². The van der Waals surface area contributed by atoms with Crippen LogP contribution >= 0.6 is 0 Å². The van der Waals surface area contributed by atoms with Gasteiger partial charge in [0.2, 0.25) is 0 Å². The summed E-state index contributed by atoms with van der Waals surface area (Å²) in [6.07, 6.45) is 2.97. The lowest BCUT2D eigenvalue weighted by atomic mass is 10.1. The van der Waals surface area contributed by atoms with Crippen molar-refractivity contribution >= 4 is 0 Å². The predicted octanol–water partition coefficient (Wildman–Crippen LogP) is 2.83. The number of ether oxygens (including phenoxy) is 1. The van der Waals surface area contributed by atoms with Crippen molar-refractivity contribution in [1.29, 1.82) is 0 Å². The first-order valence-corrected chi connectivity index (χ1v) is 4.86. The number of aliphatic hydroxyl groups is 1. The molecule has 1 N–H and O–H groups in total. The molecule has 0 bridgehead atoms. The highest BCUT2D eigenvalue weighted by Crippen LogP contribution is 2.25. The van der Waals surface area contributed by atoms with Gasteiger partial charge in [0, 0.05) is 5.56 Å². The van der Waals surface area contributed by atoms with E-state index in [9.17, 15) is 9.50 Å². The van der Waals surface area contributed by atoms with Crippen molar-refractivity contribution in [2.45, 2.75) is 20.0 Å². The molecule has 2 nitrogen and oxygen atoms in total. The van der Waals surface area contributed by atoms with E-state index in [2.05, 4.69) is 0 Å². The smallest absolute Gasteiger partial charge is 0.125 e. The minimum absolute atomic E-state index is 0.371. The molecule has 0 fully saturated rings. The minimum atomic E-state index is -0.735. The number of hydrogen-bond acceptors (Lipinski definition) is 2. The maximum atomic E-state index is 12.9. The second-order valence-corrected chi connectivity index (χ2v) is 3.24. The summed E-state index contributed by atoms with van der Waals surface area (Å²) in [4.78, 5) is 0. The molecule has 0 aliphatic carbocycles. The molecule has 0 saturated heterocycles. The Hall–Kier alpha value is -1.35. The van der Waals surface area contributed by atoms with Gasteiger partial charge in [-0.15, -0.1) is 0 Å². The Morgan fingerprint density at radius 2 is 2.27 bits per heavy atom. The summed E-state index contributed by atoms with van der Waals surface area (Å²) in [6, 6.07) is 4.13. The molecule has 1 rings (SSSR count). The third-order valence-corrected chi connectivity index (χ3v) is 1.99. The highest BCUT2D eigenvalue weighted by molar-refractivity contribution is 5.35. The first kappa shape index (κ1) is 11.7. The molecule has 1 aromatic rings. The van der Waals surface area contributed by atoms with E-state index in [0.29, 0.717) is 17.9 Å². The molecule has 3 heteroatoms. The summed E-state index contributed by atoms with van der Waals surface area (Å²) in [7, 11) is 0. The molecular weight excluding hydrogens is 195 g/mol. The summed E-state index contributed by atoms with van der Waals surface area (Å²) in [5.41, 5.74) is 0.472. The van der Waals surface area contributed by atoms with E-state index < -0.39 is 6.10 Å². The van der Waals surface area contributed by atoms with Crippen molar-refractivity contribution in [3.8, 4) is 5.75 Å². The molecule has 1 aromatic carbocycles. The van der Waals surface area contributed by atoms with Crippen LogP contribution in [0.1, 0.15) is 25.5 Å². The van der Waals surface area contributed by atoms with Gasteiger partial charge in [0.25, 0.3) is 0 Å². The maximum Gasteiger partial charge on any atom is 0.125 e. The Labute approximate surface area is 89.0 Å². The monoisotopic (exact) mass is 210 g/mol. The molecule has 0 aliphatic heterocycles. The second-order valence-electron chi connectivity index (χ2n) is 3.24. The molecule has 0 spiro atoms. The molecule has 1 atom stereocenters. The lowest BCUT2D eigenvalue weighted by Crippen LogP contribution is -2.01. The van der Waals surface area contributed by atoms with Crippen molar-refractivity contribution in [2.75, 3.05) is 6.61 Å². The average molecular weight is 210 g/mol. The highest BCUT2D eigenvalue weighted by atomic mass is 19.1. The first-order valence-electron chi connectivity index (χ1n) is 4.86. The Balaban J connectivity index is 2.85. The van der Waals surface area contributed by atoms with Crippen LogP contribution in [0.15, 0.2) is 30.4 Å². The van der Waals surface area contributed by atoms with Gasteiger partial charge in [-0.1, -0.05) is 12.2 Å². The van der Waals surface area contributed by atoms with Crippen LogP contribution < -0.4 is 4.74 Å². The Bertz CT molecular complexity index is 345. The van der Waals surface area contributed by atoms with Crippen LogP contribution in [0.25, 0.3) is 0 Å². The van der Waals surface area contributed by atoms with Crippen LogP contribution in [0.4, 0.5) is 4.39 Å². The van der Waals surface area contributed by atoms with E-state index in [1.807, 2.05) is 19.1 Å². The van der Waals surface area contributed by atoms with Gasteiger partial charge in [0.1, 0.15) is 18.2 Å². The first-order chi connectivity index (χ1) is 7.15. The second kappa shape index (κ2) is 5.51. The van der Waals surface area contributed by atoms with Crippen molar-refractivity contribution in [2.24, 2.45) is 0 Å². The van der Waals surface area contributed by atoms with Crippen LogP contribution in [0.2, 0.25) is 0 Å². The summed E-state index contributed by atoms with van der Waals surface area (Å²) in [5, 5.41) is 9.42. The molecule has 0 aliphatic rings. The number of halogens is 1. The third kappa shape index (κ3) is 3.36. The molecule has 0 unspecified atom stereocenters. The zero-order valence-electron chi connectivity index (χ0n) is 8.90. The lowest BCUT2D eigenvalue weighted by Gasteiger charge is -2.12. The quantitative estimate of drug-likeness (QED) is 0.774. The zero-order chi connectivity index (χ0) is 11.3.